The molecule has 0 aliphatic carbocycles. The summed E-state index contributed by atoms with van der Waals surface area (Å²) in [5.41, 5.74) is 0. The van der Waals surface area contributed by atoms with Gasteiger partial charge in [0.05, 0.1) is 12.8 Å². The first-order valence-corrected chi connectivity index (χ1v) is 7.98. The van der Waals surface area contributed by atoms with Gasteiger partial charge in [0.1, 0.15) is 0 Å². The van der Waals surface area contributed by atoms with Crippen molar-refractivity contribution in [1.29, 1.82) is 0 Å². The number of carboxylic acid groups (broad SMARTS) is 4. The maximum absolute atomic E-state index is 9.64. The largest absolute Gasteiger partial charge is 0.481 e. The van der Waals surface area contributed by atoms with Gasteiger partial charge in [-0.1, -0.05) is 65.0 Å². The highest BCUT2D eigenvalue weighted by molar-refractivity contribution is 6.39. The van der Waals surface area contributed by atoms with Crippen LogP contribution in [0.3, 0.4) is 0 Å². The highest BCUT2D eigenvalue weighted by Gasteiger charge is 2.21. The number of unbranched alkanes of at least 4 members (excludes halogenated alkanes) is 2. The van der Waals surface area contributed by atoms with Crippen molar-refractivity contribution in [1.82, 2.24) is 0 Å². The molecule has 8 nitrogen and oxygen atoms in total. The first kappa shape index (κ1) is 30.1. The summed E-state index contributed by atoms with van der Waals surface area (Å²) >= 11 is 4.75. The Labute approximate surface area is 147 Å². The highest BCUT2D eigenvalue weighted by Crippen LogP contribution is 1.93. The summed E-state index contributed by atoms with van der Waals surface area (Å²) < 4.78 is 0. The Hall–Kier alpha value is -1.83. The predicted molar refractivity (Wildman–Crippen MR) is 90.6 cm³/mol. The molecule has 0 unspecified atom stereocenters. The van der Waals surface area contributed by atoms with Crippen LogP contribution in [0.15, 0.2) is 0 Å². The number of hydrogen-bond donors (Lipinski definition) is 4. The normalized spacial score (nSPS) is 8.42. The third-order valence-electron chi connectivity index (χ3n) is 1.99. The van der Waals surface area contributed by atoms with Gasteiger partial charge in [0.15, 0.2) is 0 Å². The molecule has 0 aliphatic heterocycles. The zero-order valence-corrected chi connectivity index (χ0v) is 15.4. The van der Waals surface area contributed by atoms with E-state index in [9.17, 15) is 19.2 Å². The summed E-state index contributed by atoms with van der Waals surface area (Å²) in [5, 5.41) is 29.7. The zero-order valence-electron chi connectivity index (χ0n) is 14.6. The van der Waals surface area contributed by atoms with E-state index < -0.39 is 29.3 Å². The summed E-state index contributed by atoms with van der Waals surface area (Å²) in [7, 11) is 0. The van der Waals surface area contributed by atoms with Crippen LogP contribution in [0, 0.1) is 0 Å². The summed E-state index contributed by atoms with van der Waals surface area (Å²) in [6.07, 6.45) is 4.69. The molecule has 0 atom stereocenters. The minimum Gasteiger partial charge on any atom is -0.481 e. The minimum absolute atomic E-state index is 0.296. The predicted octanol–water partition coefficient (Wildman–Crippen LogP) is 3.31. The second-order valence-corrected chi connectivity index (χ2v) is 4.76. The van der Waals surface area contributed by atoms with Crippen LogP contribution in [-0.2, 0) is 19.2 Å². The second-order valence-electron chi connectivity index (χ2n) is 4.33. The molecule has 144 valence electrons. The monoisotopic (exact) mass is 372 g/mol. The Morgan fingerprint density at radius 3 is 0.917 bits per heavy atom. The zero-order chi connectivity index (χ0) is 20.1. The van der Waals surface area contributed by atoms with E-state index in [1.165, 1.54) is 25.7 Å². The number of carbonyl (C=O) groups is 4. The van der Waals surface area contributed by atoms with Gasteiger partial charge in [0.2, 0.25) is 5.38 Å². The summed E-state index contributed by atoms with van der Waals surface area (Å²) in [5.74, 6) is -5.24. The van der Waals surface area contributed by atoms with E-state index in [-0.39, 0.29) is 12.8 Å². The van der Waals surface area contributed by atoms with Crippen molar-refractivity contribution in [2.45, 2.75) is 71.6 Å². The fourth-order valence-electron chi connectivity index (χ4n) is 0.319. The summed E-state index contributed by atoms with van der Waals surface area (Å²) in [4.78, 5) is 38.5. The third kappa shape index (κ3) is 42.7. The van der Waals surface area contributed by atoms with E-state index in [1.807, 2.05) is 0 Å². The van der Waals surface area contributed by atoms with Crippen molar-refractivity contribution < 1.29 is 39.6 Å². The molecule has 4 N–H and O–H groups in total. The van der Waals surface area contributed by atoms with Crippen molar-refractivity contribution in [2.75, 3.05) is 0 Å². The van der Waals surface area contributed by atoms with Gasteiger partial charge < -0.3 is 20.4 Å². The Bertz CT molecular complexity index is 308. The Balaban J connectivity index is -0.000000117. The van der Waals surface area contributed by atoms with Gasteiger partial charge in [-0.3, -0.25) is 9.59 Å². The molecule has 0 saturated heterocycles. The Morgan fingerprint density at radius 1 is 0.667 bits per heavy atom. The fourth-order valence-corrected chi connectivity index (χ4v) is 0.319. The molecule has 0 saturated carbocycles. The van der Waals surface area contributed by atoms with Crippen molar-refractivity contribution >= 4 is 35.5 Å². The van der Waals surface area contributed by atoms with Gasteiger partial charge in [0, 0.05) is 0 Å². The van der Waals surface area contributed by atoms with E-state index in [0.717, 1.165) is 0 Å². The first-order valence-electron chi connectivity index (χ1n) is 7.54. The molecular weight excluding hydrogens is 344 g/mol. The van der Waals surface area contributed by atoms with Crippen LogP contribution in [-0.4, -0.2) is 49.7 Å². The standard InChI is InChI=1S/C4H6O4.2C4H10.C3H3ClO4/c5-3(6)1-2-4(7)8;2*1-3-4-2;4-1(2(5)6)3(7)8/h1-2H2,(H,5,6)(H,7,8);2*3-4H2,1-2H3;1H,(H,5,6)(H,7,8). The molecule has 0 bridgehead atoms. The molecule has 0 fully saturated rings. The van der Waals surface area contributed by atoms with Crippen molar-refractivity contribution in [3.8, 4) is 0 Å². The average molecular weight is 373 g/mol. The number of aliphatic carboxylic acids is 4. The smallest absolute Gasteiger partial charge is 0.333 e. The number of alkyl halides is 1. The molecule has 0 aromatic carbocycles. The molecule has 0 spiro atoms. The van der Waals surface area contributed by atoms with Crippen molar-refractivity contribution in [2.24, 2.45) is 0 Å². The molecule has 0 rings (SSSR count). The first-order chi connectivity index (χ1) is 11.0. The highest BCUT2D eigenvalue weighted by atomic mass is 35.5. The van der Waals surface area contributed by atoms with E-state index in [0.29, 0.717) is 0 Å². The number of halogens is 1. The number of rotatable bonds is 7. The third-order valence-corrected chi connectivity index (χ3v) is 2.36. The van der Waals surface area contributed by atoms with Crippen LogP contribution in [0.2, 0.25) is 0 Å². The summed E-state index contributed by atoms with van der Waals surface area (Å²) in [6, 6.07) is 0. The average Bonchev–Trinajstić information content (AvgIpc) is 2.52. The van der Waals surface area contributed by atoms with E-state index in [1.54, 1.807) is 0 Å². The Morgan fingerprint density at radius 2 is 0.875 bits per heavy atom. The molecule has 0 aromatic rings. The lowest BCUT2D eigenvalue weighted by molar-refractivity contribution is -0.146. The van der Waals surface area contributed by atoms with Gasteiger partial charge in [-0.25, -0.2) is 9.59 Å². The van der Waals surface area contributed by atoms with Gasteiger partial charge in [-0.15, -0.1) is 0 Å². The molecule has 0 aromatic heterocycles. The van der Waals surface area contributed by atoms with Gasteiger partial charge in [0.25, 0.3) is 0 Å². The fraction of sp³-hybridized carbons (Fsp3) is 0.733. The quantitative estimate of drug-likeness (QED) is 0.392. The Kier molecular flexibility index (Phi) is 29.4. The number of carboxylic acids is 4. The maximum Gasteiger partial charge on any atom is 0.333 e. The van der Waals surface area contributed by atoms with E-state index >= 15 is 0 Å². The molecule has 0 radical (unpaired) electrons. The lowest BCUT2D eigenvalue weighted by Gasteiger charge is -1.92. The van der Waals surface area contributed by atoms with Crippen molar-refractivity contribution in [3.05, 3.63) is 0 Å². The lowest BCUT2D eigenvalue weighted by Crippen LogP contribution is -2.23. The molecule has 0 amide bonds. The topological polar surface area (TPSA) is 149 Å². The van der Waals surface area contributed by atoms with Crippen molar-refractivity contribution in [3.63, 3.8) is 0 Å². The van der Waals surface area contributed by atoms with E-state index in [2.05, 4.69) is 27.7 Å². The van der Waals surface area contributed by atoms with Crippen LogP contribution in [0.25, 0.3) is 0 Å². The minimum atomic E-state index is -1.82. The second kappa shape index (κ2) is 23.4. The van der Waals surface area contributed by atoms with Crippen LogP contribution in [0.4, 0.5) is 0 Å². The summed E-state index contributed by atoms with van der Waals surface area (Å²) in [6.45, 7) is 8.72. The molecular formula is C15H29ClO8. The van der Waals surface area contributed by atoms with Crippen LogP contribution < -0.4 is 0 Å². The molecule has 0 aliphatic rings. The lowest BCUT2D eigenvalue weighted by atomic mass is 10.3. The SMILES string of the molecule is CCCC.CCCC.O=C(O)C(Cl)C(=O)O.O=C(O)CCC(=O)O. The van der Waals surface area contributed by atoms with Gasteiger partial charge in [-0.05, 0) is 0 Å². The van der Waals surface area contributed by atoms with Gasteiger partial charge >= 0.3 is 23.9 Å². The molecule has 24 heavy (non-hydrogen) atoms. The molecule has 9 heteroatoms. The molecule has 0 heterocycles. The number of hydrogen-bond acceptors (Lipinski definition) is 4. The van der Waals surface area contributed by atoms with E-state index in [4.69, 9.17) is 32.0 Å². The van der Waals surface area contributed by atoms with Crippen LogP contribution in [0.1, 0.15) is 66.2 Å². The van der Waals surface area contributed by atoms with Crippen LogP contribution in [0.5, 0.6) is 0 Å². The van der Waals surface area contributed by atoms with Crippen LogP contribution >= 0.6 is 11.6 Å². The maximum atomic E-state index is 9.64. The van der Waals surface area contributed by atoms with Gasteiger partial charge in [-0.2, -0.15) is 0 Å².